The van der Waals surface area contributed by atoms with Gasteiger partial charge in [-0.3, -0.25) is 14.3 Å². The SMILES string of the molecule is CNC(=O)O[C@@H]1[C@H](OP(OCCC#N)N(C(C)C)C(C)C)[C@@H](COC(c2ccccc2)(c2ccc(OC)cc2)c2ccc(OC)cc2)O[C@H]1n1ccc(=O)[nH]c1=O. The van der Waals surface area contributed by atoms with Crippen molar-refractivity contribution in [1.82, 2.24) is 19.5 Å². The summed E-state index contributed by atoms with van der Waals surface area (Å²) >= 11 is 0. The van der Waals surface area contributed by atoms with Crippen LogP contribution in [0.25, 0.3) is 0 Å². The average molecular weight is 804 g/mol. The number of nitriles is 1. The van der Waals surface area contributed by atoms with E-state index >= 15 is 0 Å². The minimum absolute atomic E-state index is 0.0676. The van der Waals surface area contributed by atoms with Crippen LogP contribution in [0.2, 0.25) is 0 Å². The van der Waals surface area contributed by atoms with Crippen molar-refractivity contribution in [1.29, 1.82) is 5.26 Å². The van der Waals surface area contributed by atoms with Crippen LogP contribution in [0.1, 0.15) is 57.0 Å². The first-order chi connectivity index (χ1) is 27.5. The van der Waals surface area contributed by atoms with E-state index in [-0.39, 0.29) is 31.7 Å². The Balaban J connectivity index is 1.69. The van der Waals surface area contributed by atoms with E-state index in [0.29, 0.717) is 11.5 Å². The molecule has 0 aliphatic carbocycles. The number of benzene rings is 3. The second kappa shape index (κ2) is 19.9. The van der Waals surface area contributed by atoms with Gasteiger partial charge in [0.2, 0.25) is 0 Å². The van der Waals surface area contributed by atoms with Crippen LogP contribution in [0.4, 0.5) is 4.79 Å². The summed E-state index contributed by atoms with van der Waals surface area (Å²) < 4.78 is 47.2. The number of ether oxygens (including phenoxy) is 5. The Kier molecular flexibility index (Phi) is 15.0. The molecule has 1 unspecified atom stereocenters. The summed E-state index contributed by atoms with van der Waals surface area (Å²) in [4.78, 5) is 40.8. The van der Waals surface area contributed by atoms with Gasteiger partial charge in [0, 0.05) is 31.4 Å². The monoisotopic (exact) mass is 803 g/mol. The largest absolute Gasteiger partial charge is 0.497 e. The fourth-order valence-corrected chi connectivity index (χ4v) is 8.58. The quantitative estimate of drug-likeness (QED) is 0.0699. The van der Waals surface area contributed by atoms with E-state index in [1.165, 1.54) is 19.3 Å². The maximum Gasteiger partial charge on any atom is 0.407 e. The highest BCUT2D eigenvalue weighted by Gasteiger charge is 2.53. The first kappa shape index (κ1) is 43.1. The minimum atomic E-state index is -1.93. The Morgan fingerprint density at radius 1 is 0.912 bits per heavy atom. The third kappa shape index (κ3) is 9.91. The number of aromatic nitrogens is 2. The van der Waals surface area contributed by atoms with Crippen molar-refractivity contribution in [2.75, 3.05) is 34.5 Å². The number of carbonyl (C=O) groups is 1. The molecule has 1 aliphatic rings. The summed E-state index contributed by atoms with van der Waals surface area (Å²) in [6.07, 6.45) is -4.10. The molecule has 57 heavy (non-hydrogen) atoms. The minimum Gasteiger partial charge on any atom is -0.497 e. The van der Waals surface area contributed by atoms with Gasteiger partial charge in [-0.05, 0) is 68.7 Å². The van der Waals surface area contributed by atoms with Gasteiger partial charge in [0.1, 0.15) is 29.3 Å². The highest BCUT2D eigenvalue weighted by Crippen LogP contribution is 2.51. The Bertz CT molecular complexity index is 2000. The number of methoxy groups -OCH3 is 2. The molecule has 1 fully saturated rings. The van der Waals surface area contributed by atoms with Gasteiger partial charge < -0.3 is 38.0 Å². The topological polar surface area (TPSA) is 176 Å². The van der Waals surface area contributed by atoms with Crippen LogP contribution in [0.5, 0.6) is 11.5 Å². The zero-order chi connectivity index (χ0) is 41.1. The van der Waals surface area contributed by atoms with E-state index < -0.39 is 56.0 Å². The smallest absolute Gasteiger partial charge is 0.407 e. The molecule has 1 aliphatic heterocycles. The lowest BCUT2D eigenvalue weighted by molar-refractivity contribution is -0.0948. The molecule has 304 valence electrons. The van der Waals surface area contributed by atoms with Crippen LogP contribution in [0, 0.1) is 11.3 Å². The first-order valence-corrected chi connectivity index (χ1v) is 19.7. The summed E-state index contributed by atoms with van der Waals surface area (Å²) in [5, 5.41) is 11.8. The number of aromatic amines is 1. The maximum absolute atomic E-state index is 13.3. The summed E-state index contributed by atoms with van der Waals surface area (Å²) in [5.41, 5.74) is -0.365. The molecule has 5 rings (SSSR count). The maximum atomic E-state index is 13.3. The third-order valence-corrected chi connectivity index (χ3v) is 11.5. The fraction of sp³-hybridized carbons (Fsp3) is 0.415. The lowest BCUT2D eigenvalue weighted by Crippen LogP contribution is -2.45. The Morgan fingerprint density at radius 2 is 1.49 bits per heavy atom. The van der Waals surface area contributed by atoms with E-state index in [1.807, 2.05) is 111 Å². The molecule has 4 aromatic rings. The number of rotatable bonds is 18. The highest BCUT2D eigenvalue weighted by atomic mass is 31.2. The lowest BCUT2D eigenvalue weighted by atomic mass is 9.80. The average Bonchev–Trinajstić information content (AvgIpc) is 3.53. The molecular formula is C41H50N5O10P. The molecule has 3 aromatic carbocycles. The Morgan fingerprint density at radius 3 is 2.00 bits per heavy atom. The van der Waals surface area contributed by atoms with Crippen molar-refractivity contribution in [3.8, 4) is 17.6 Å². The number of amides is 1. The van der Waals surface area contributed by atoms with E-state index in [4.69, 9.17) is 32.7 Å². The second-order valence-electron chi connectivity index (χ2n) is 13.6. The first-order valence-electron chi connectivity index (χ1n) is 18.6. The Hall–Kier alpha value is -5.07. The predicted octanol–water partition coefficient (Wildman–Crippen LogP) is 5.85. The molecule has 0 spiro atoms. The lowest BCUT2D eigenvalue weighted by Gasteiger charge is -2.39. The Labute approximate surface area is 333 Å². The van der Waals surface area contributed by atoms with Gasteiger partial charge in [0.05, 0.1) is 39.9 Å². The van der Waals surface area contributed by atoms with Gasteiger partial charge in [-0.25, -0.2) is 14.3 Å². The summed E-state index contributed by atoms with van der Waals surface area (Å²) in [5.74, 6) is 1.30. The van der Waals surface area contributed by atoms with Crippen LogP contribution in [-0.2, 0) is 28.9 Å². The van der Waals surface area contributed by atoms with E-state index in [9.17, 15) is 19.6 Å². The molecule has 1 saturated heterocycles. The molecule has 1 amide bonds. The van der Waals surface area contributed by atoms with Crippen molar-refractivity contribution in [3.05, 3.63) is 129 Å². The molecule has 2 N–H and O–H groups in total. The molecular weight excluding hydrogens is 753 g/mol. The van der Waals surface area contributed by atoms with Gasteiger partial charge in [-0.15, -0.1) is 0 Å². The van der Waals surface area contributed by atoms with Gasteiger partial charge in [-0.2, -0.15) is 5.26 Å². The van der Waals surface area contributed by atoms with Crippen molar-refractivity contribution >= 4 is 14.6 Å². The van der Waals surface area contributed by atoms with Gasteiger partial charge in [0.25, 0.3) is 14.1 Å². The summed E-state index contributed by atoms with van der Waals surface area (Å²) in [7, 11) is 2.67. The van der Waals surface area contributed by atoms with Crippen LogP contribution in [0.3, 0.4) is 0 Å². The molecule has 2 heterocycles. The summed E-state index contributed by atoms with van der Waals surface area (Å²) in [6.45, 7) is 7.88. The number of alkyl carbamates (subject to hydrolysis) is 1. The van der Waals surface area contributed by atoms with E-state index in [0.717, 1.165) is 21.3 Å². The number of nitrogens with one attached hydrogen (secondary N) is 2. The molecule has 16 heteroatoms. The van der Waals surface area contributed by atoms with Gasteiger partial charge >= 0.3 is 11.8 Å². The van der Waals surface area contributed by atoms with Crippen LogP contribution in [0.15, 0.2) is 101 Å². The predicted molar refractivity (Wildman–Crippen MR) is 213 cm³/mol. The molecule has 5 atom stereocenters. The van der Waals surface area contributed by atoms with Crippen molar-refractivity contribution in [2.24, 2.45) is 0 Å². The number of nitrogens with zero attached hydrogens (tertiary/aromatic N) is 3. The molecule has 0 bridgehead atoms. The highest BCUT2D eigenvalue weighted by molar-refractivity contribution is 7.44. The van der Waals surface area contributed by atoms with Gasteiger partial charge in [-0.1, -0.05) is 54.6 Å². The standard InChI is InChI=1S/C41H50N5O10P/c1-27(2)46(28(3)4)57(53-25-11-23-42)56-36-34(54-38(37(36)55-40(49)43-5)45-24-22-35(47)44-39(45)48)26-52-41(29-12-9-8-10-13-29,30-14-18-32(50-6)19-15-30)31-16-20-33(51-7)21-17-31/h8-10,12-22,24,27-28,34,36-38H,11,25-26H2,1-7H3,(H,43,49)(H,44,47,48)/t34-,36-,37-,38-,57?/m1/s1. The van der Waals surface area contributed by atoms with Gasteiger partial charge in [0.15, 0.2) is 12.3 Å². The molecule has 1 aromatic heterocycles. The van der Waals surface area contributed by atoms with Crippen molar-refractivity contribution < 1.29 is 37.5 Å². The molecule has 0 radical (unpaired) electrons. The van der Waals surface area contributed by atoms with E-state index in [1.54, 1.807) is 14.2 Å². The van der Waals surface area contributed by atoms with Crippen LogP contribution >= 0.6 is 8.53 Å². The zero-order valence-corrected chi connectivity index (χ0v) is 34.0. The zero-order valence-electron chi connectivity index (χ0n) is 33.1. The van der Waals surface area contributed by atoms with Crippen molar-refractivity contribution in [2.45, 2.75) is 76.3 Å². The number of hydrogen-bond donors (Lipinski definition) is 2. The molecule has 0 saturated carbocycles. The summed E-state index contributed by atoms with van der Waals surface area (Å²) in [6, 6.07) is 27.9. The second-order valence-corrected chi connectivity index (χ2v) is 15.0. The molecule has 15 nitrogen and oxygen atoms in total. The van der Waals surface area contributed by atoms with Crippen LogP contribution < -0.4 is 26.0 Å². The van der Waals surface area contributed by atoms with Crippen molar-refractivity contribution in [3.63, 3.8) is 0 Å². The van der Waals surface area contributed by atoms with Crippen LogP contribution in [-0.4, -0.2) is 85.2 Å². The third-order valence-electron chi connectivity index (χ3n) is 9.37. The van der Waals surface area contributed by atoms with E-state index in [2.05, 4.69) is 16.4 Å². The number of hydrogen-bond acceptors (Lipinski definition) is 12. The normalized spacial score (nSPS) is 18.7. The number of carbonyl (C=O) groups excluding carboxylic acids is 1. The number of H-pyrrole nitrogens is 1. The fourth-order valence-electron chi connectivity index (χ4n) is 6.81.